The standard InChI is InChI=1S/C15H19BrO3/c1-9(8-17)10-5-14-11(6-13(10)18-4)12(16)7-15(2,3)19-14/h5-7,9,17H,8H2,1-4H3/t9-/m1/s1. The van der Waals surface area contributed by atoms with Gasteiger partial charge in [0.25, 0.3) is 0 Å². The van der Waals surface area contributed by atoms with Crippen LogP contribution in [-0.4, -0.2) is 24.4 Å². The van der Waals surface area contributed by atoms with Crippen molar-refractivity contribution in [1.82, 2.24) is 0 Å². The summed E-state index contributed by atoms with van der Waals surface area (Å²) < 4.78 is 12.4. The summed E-state index contributed by atoms with van der Waals surface area (Å²) in [7, 11) is 1.64. The van der Waals surface area contributed by atoms with E-state index in [1.165, 1.54) is 0 Å². The van der Waals surface area contributed by atoms with Crippen molar-refractivity contribution in [3.8, 4) is 11.5 Å². The van der Waals surface area contributed by atoms with Crippen molar-refractivity contribution in [3.05, 3.63) is 29.3 Å². The van der Waals surface area contributed by atoms with Crippen molar-refractivity contribution in [2.45, 2.75) is 32.3 Å². The molecule has 1 aromatic rings. The molecule has 1 N–H and O–H groups in total. The Morgan fingerprint density at radius 3 is 2.68 bits per heavy atom. The lowest BCUT2D eigenvalue weighted by Crippen LogP contribution is -2.28. The highest BCUT2D eigenvalue weighted by atomic mass is 79.9. The topological polar surface area (TPSA) is 38.7 Å². The highest BCUT2D eigenvalue weighted by Gasteiger charge is 2.27. The molecule has 1 heterocycles. The molecule has 4 heteroatoms. The number of fused-ring (bicyclic) bond motifs is 1. The van der Waals surface area contributed by atoms with Crippen molar-refractivity contribution < 1.29 is 14.6 Å². The Labute approximate surface area is 122 Å². The van der Waals surface area contributed by atoms with E-state index < -0.39 is 0 Å². The van der Waals surface area contributed by atoms with Gasteiger partial charge in [0.2, 0.25) is 0 Å². The van der Waals surface area contributed by atoms with Gasteiger partial charge in [-0.25, -0.2) is 0 Å². The number of aliphatic hydroxyl groups is 1. The van der Waals surface area contributed by atoms with Gasteiger partial charge in [-0.2, -0.15) is 0 Å². The third-order valence-electron chi connectivity index (χ3n) is 3.24. The van der Waals surface area contributed by atoms with Crippen LogP contribution < -0.4 is 9.47 Å². The van der Waals surface area contributed by atoms with E-state index in [1.807, 2.05) is 39.0 Å². The van der Waals surface area contributed by atoms with Gasteiger partial charge in [-0.05, 0) is 32.1 Å². The molecule has 0 aromatic heterocycles. The summed E-state index contributed by atoms with van der Waals surface area (Å²) in [5.74, 6) is 1.60. The van der Waals surface area contributed by atoms with Crippen LogP contribution in [0.15, 0.2) is 18.2 Å². The van der Waals surface area contributed by atoms with Crippen LogP contribution >= 0.6 is 15.9 Å². The Hall–Kier alpha value is -1.00. The highest BCUT2D eigenvalue weighted by molar-refractivity contribution is 9.15. The van der Waals surface area contributed by atoms with Crippen molar-refractivity contribution in [1.29, 1.82) is 0 Å². The minimum absolute atomic E-state index is 0.0108. The van der Waals surface area contributed by atoms with E-state index in [0.717, 1.165) is 27.1 Å². The molecule has 0 saturated carbocycles. The fraction of sp³-hybridized carbons (Fsp3) is 0.467. The summed E-state index contributed by atoms with van der Waals surface area (Å²) in [6, 6.07) is 3.91. The summed E-state index contributed by atoms with van der Waals surface area (Å²) in [4.78, 5) is 0. The molecule has 0 aliphatic carbocycles. The normalized spacial score (nSPS) is 18.1. The minimum Gasteiger partial charge on any atom is -0.496 e. The first-order valence-electron chi connectivity index (χ1n) is 6.28. The molecule has 0 bridgehead atoms. The molecule has 0 spiro atoms. The van der Waals surface area contributed by atoms with Crippen molar-refractivity contribution in [2.75, 3.05) is 13.7 Å². The number of methoxy groups -OCH3 is 1. The Bertz CT molecular complexity index is 520. The van der Waals surface area contributed by atoms with Crippen LogP contribution in [0.2, 0.25) is 0 Å². The SMILES string of the molecule is COc1cc2c(cc1[C@H](C)CO)OC(C)(C)C=C2Br. The monoisotopic (exact) mass is 326 g/mol. The van der Waals surface area contributed by atoms with Crippen LogP contribution in [0.25, 0.3) is 4.48 Å². The Kier molecular flexibility index (Phi) is 3.92. The van der Waals surface area contributed by atoms with Gasteiger partial charge in [0, 0.05) is 28.1 Å². The molecule has 0 amide bonds. The summed E-state index contributed by atoms with van der Waals surface area (Å²) in [5.41, 5.74) is 1.59. The molecule has 1 aromatic carbocycles. The summed E-state index contributed by atoms with van der Waals surface area (Å²) in [6.45, 7) is 6.06. The third kappa shape index (κ3) is 2.79. The molecule has 0 radical (unpaired) electrons. The molecule has 0 saturated heterocycles. The van der Waals surface area contributed by atoms with E-state index in [9.17, 15) is 5.11 Å². The number of halogens is 1. The maximum atomic E-state index is 9.35. The number of aliphatic hydroxyl groups excluding tert-OH is 1. The second-order valence-electron chi connectivity index (χ2n) is 5.37. The average Bonchev–Trinajstić information content (AvgIpc) is 2.35. The van der Waals surface area contributed by atoms with Crippen molar-refractivity contribution in [3.63, 3.8) is 0 Å². The molecule has 1 atom stereocenters. The summed E-state index contributed by atoms with van der Waals surface area (Å²) >= 11 is 3.58. The lowest BCUT2D eigenvalue weighted by molar-refractivity contribution is 0.158. The quantitative estimate of drug-likeness (QED) is 0.920. The van der Waals surface area contributed by atoms with E-state index in [1.54, 1.807) is 7.11 Å². The van der Waals surface area contributed by atoms with E-state index in [0.29, 0.717) is 0 Å². The van der Waals surface area contributed by atoms with Crippen LogP contribution in [0.1, 0.15) is 37.8 Å². The molecule has 2 rings (SSSR count). The summed E-state index contributed by atoms with van der Waals surface area (Å²) in [5, 5.41) is 9.35. The molecule has 19 heavy (non-hydrogen) atoms. The number of rotatable bonds is 3. The smallest absolute Gasteiger partial charge is 0.129 e. The summed E-state index contributed by atoms with van der Waals surface area (Å²) in [6.07, 6.45) is 2.03. The Morgan fingerprint density at radius 2 is 2.11 bits per heavy atom. The highest BCUT2D eigenvalue weighted by Crippen LogP contribution is 2.43. The van der Waals surface area contributed by atoms with Crippen LogP contribution in [0, 0.1) is 0 Å². The first-order chi connectivity index (χ1) is 8.88. The number of ether oxygens (including phenoxy) is 2. The zero-order valence-corrected chi connectivity index (χ0v) is 13.2. The maximum Gasteiger partial charge on any atom is 0.129 e. The minimum atomic E-state index is -0.347. The van der Waals surface area contributed by atoms with Gasteiger partial charge >= 0.3 is 0 Å². The van der Waals surface area contributed by atoms with Crippen molar-refractivity contribution in [2.24, 2.45) is 0 Å². The van der Waals surface area contributed by atoms with E-state index in [4.69, 9.17) is 9.47 Å². The van der Waals surface area contributed by atoms with E-state index in [-0.39, 0.29) is 18.1 Å². The van der Waals surface area contributed by atoms with Gasteiger partial charge < -0.3 is 14.6 Å². The number of benzene rings is 1. The third-order valence-corrected chi connectivity index (χ3v) is 3.90. The van der Waals surface area contributed by atoms with Gasteiger partial charge in [-0.1, -0.05) is 22.9 Å². The first kappa shape index (κ1) is 14.4. The van der Waals surface area contributed by atoms with Gasteiger partial charge in [0.05, 0.1) is 7.11 Å². The molecule has 3 nitrogen and oxygen atoms in total. The van der Waals surface area contributed by atoms with Crippen LogP contribution in [0.5, 0.6) is 11.5 Å². The second-order valence-corrected chi connectivity index (χ2v) is 6.23. The zero-order chi connectivity index (χ0) is 14.2. The molecule has 0 fully saturated rings. The molecule has 0 unspecified atom stereocenters. The number of hydrogen-bond donors (Lipinski definition) is 1. The lowest BCUT2D eigenvalue weighted by atomic mass is 9.95. The second kappa shape index (κ2) is 5.17. The molecule has 1 aliphatic rings. The average molecular weight is 327 g/mol. The van der Waals surface area contributed by atoms with Gasteiger partial charge in [0.15, 0.2) is 0 Å². The Balaban J connectivity index is 2.57. The fourth-order valence-corrected chi connectivity index (χ4v) is 3.06. The Morgan fingerprint density at radius 1 is 1.42 bits per heavy atom. The van der Waals surface area contributed by atoms with Gasteiger partial charge in [-0.15, -0.1) is 0 Å². The van der Waals surface area contributed by atoms with E-state index >= 15 is 0 Å². The predicted molar refractivity (Wildman–Crippen MR) is 80.1 cm³/mol. The molecule has 1 aliphatic heterocycles. The fourth-order valence-electron chi connectivity index (χ4n) is 2.20. The largest absolute Gasteiger partial charge is 0.496 e. The van der Waals surface area contributed by atoms with Crippen LogP contribution in [0.3, 0.4) is 0 Å². The number of hydrogen-bond acceptors (Lipinski definition) is 3. The molecular weight excluding hydrogens is 308 g/mol. The lowest BCUT2D eigenvalue weighted by Gasteiger charge is -2.30. The van der Waals surface area contributed by atoms with Crippen LogP contribution in [0.4, 0.5) is 0 Å². The first-order valence-corrected chi connectivity index (χ1v) is 7.08. The molecule has 104 valence electrons. The van der Waals surface area contributed by atoms with Crippen molar-refractivity contribution >= 4 is 20.4 Å². The predicted octanol–water partition coefficient (Wildman–Crippen LogP) is 3.70. The van der Waals surface area contributed by atoms with E-state index in [2.05, 4.69) is 15.9 Å². The van der Waals surface area contributed by atoms with Gasteiger partial charge in [0.1, 0.15) is 17.1 Å². The molecular formula is C15H19BrO3. The van der Waals surface area contributed by atoms with Crippen LogP contribution in [-0.2, 0) is 0 Å². The zero-order valence-electron chi connectivity index (χ0n) is 11.7. The maximum absolute atomic E-state index is 9.35. The van der Waals surface area contributed by atoms with Gasteiger partial charge in [-0.3, -0.25) is 0 Å².